The van der Waals surface area contributed by atoms with E-state index >= 15 is 0 Å². The minimum Gasteiger partial charge on any atom is -0.378 e. The molecule has 0 saturated carbocycles. The Labute approximate surface area is 115 Å². The molecule has 0 bridgehead atoms. The number of amides is 1. The number of rotatable bonds is 3. The summed E-state index contributed by atoms with van der Waals surface area (Å²) in [5.74, 6) is 0.116. The summed E-state index contributed by atoms with van der Waals surface area (Å²) in [7, 11) is 0. The van der Waals surface area contributed by atoms with Gasteiger partial charge in [0.05, 0.1) is 19.8 Å². The molecule has 1 saturated heterocycles. The fourth-order valence-corrected chi connectivity index (χ4v) is 2.49. The second-order valence-corrected chi connectivity index (χ2v) is 5.18. The van der Waals surface area contributed by atoms with E-state index in [2.05, 4.69) is 21.2 Å². The summed E-state index contributed by atoms with van der Waals surface area (Å²) in [5, 5.41) is 3.16. The topological polar surface area (TPSA) is 41.6 Å². The second kappa shape index (κ2) is 6.20. The van der Waals surface area contributed by atoms with Crippen LogP contribution in [0.5, 0.6) is 0 Å². The van der Waals surface area contributed by atoms with E-state index in [0.29, 0.717) is 32.8 Å². The fourth-order valence-electron chi connectivity index (χ4n) is 1.86. The van der Waals surface area contributed by atoms with Crippen molar-refractivity contribution in [1.29, 1.82) is 0 Å². The average Bonchev–Trinajstić information content (AvgIpc) is 2.38. The highest BCUT2D eigenvalue weighted by molar-refractivity contribution is 9.10. The number of hydrogen-bond acceptors (Lipinski definition) is 3. The van der Waals surface area contributed by atoms with Gasteiger partial charge in [0.15, 0.2) is 0 Å². The molecule has 1 heterocycles. The molecule has 98 valence electrons. The van der Waals surface area contributed by atoms with Gasteiger partial charge in [-0.05, 0) is 40.5 Å². The molecular formula is C13H17BrN2O2. The Balaban J connectivity index is 1.88. The molecule has 2 rings (SSSR count). The van der Waals surface area contributed by atoms with E-state index in [4.69, 9.17) is 4.74 Å². The van der Waals surface area contributed by atoms with Crippen LogP contribution in [0.1, 0.15) is 5.56 Å². The molecule has 1 N–H and O–H groups in total. The fraction of sp³-hybridized carbons (Fsp3) is 0.462. The summed E-state index contributed by atoms with van der Waals surface area (Å²) < 4.78 is 6.21. The van der Waals surface area contributed by atoms with Crippen LogP contribution in [0.3, 0.4) is 0 Å². The first-order chi connectivity index (χ1) is 8.66. The number of morpholine rings is 1. The number of ether oxygens (including phenoxy) is 1. The number of aryl methyl sites for hydroxylation is 1. The van der Waals surface area contributed by atoms with Gasteiger partial charge in [-0.2, -0.15) is 0 Å². The van der Waals surface area contributed by atoms with Crippen LogP contribution in [0, 0.1) is 6.92 Å². The van der Waals surface area contributed by atoms with Crippen molar-refractivity contribution in [2.75, 3.05) is 38.2 Å². The van der Waals surface area contributed by atoms with Gasteiger partial charge in [0.25, 0.3) is 0 Å². The van der Waals surface area contributed by atoms with E-state index in [1.54, 1.807) is 0 Å². The van der Waals surface area contributed by atoms with E-state index in [-0.39, 0.29) is 5.91 Å². The molecule has 5 heteroatoms. The highest BCUT2D eigenvalue weighted by atomic mass is 79.9. The maximum Gasteiger partial charge on any atom is 0.242 e. The SMILES string of the molecule is Cc1ccc(NCC(=O)N2CCOCC2)c(Br)c1. The number of nitrogens with zero attached hydrogens (tertiary/aromatic N) is 1. The molecule has 1 fully saturated rings. The van der Waals surface area contributed by atoms with Gasteiger partial charge in [0, 0.05) is 23.2 Å². The Morgan fingerprint density at radius 2 is 2.17 bits per heavy atom. The standard InChI is InChI=1S/C13H17BrN2O2/c1-10-2-3-12(11(14)8-10)15-9-13(17)16-4-6-18-7-5-16/h2-3,8,15H,4-7,9H2,1H3. The van der Waals surface area contributed by atoms with Crippen molar-refractivity contribution >= 4 is 27.5 Å². The van der Waals surface area contributed by atoms with Gasteiger partial charge >= 0.3 is 0 Å². The Morgan fingerprint density at radius 3 is 2.83 bits per heavy atom. The van der Waals surface area contributed by atoms with Gasteiger partial charge in [0.1, 0.15) is 0 Å². The zero-order chi connectivity index (χ0) is 13.0. The highest BCUT2D eigenvalue weighted by Gasteiger charge is 2.16. The van der Waals surface area contributed by atoms with Crippen molar-refractivity contribution in [2.24, 2.45) is 0 Å². The van der Waals surface area contributed by atoms with Gasteiger partial charge in [-0.3, -0.25) is 4.79 Å². The summed E-state index contributed by atoms with van der Waals surface area (Å²) in [6.07, 6.45) is 0. The highest BCUT2D eigenvalue weighted by Crippen LogP contribution is 2.23. The van der Waals surface area contributed by atoms with E-state index in [9.17, 15) is 4.79 Å². The zero-order valence-electron chi connectivity index (χ0n) is 10.4. The number of carbonyl (C=O) groups excluding carboxylic acids is 1. The summed E-state index contributed by atoms with van der Waals surface area (Å²) in [6.45, 7) is 5.01. The number of carbonyl (C=O) groups is 1. The van der Waals surface area contributed by atoms with E-state index in [1.165, 1.54) is 5.56 Å². The molecule has 0 aliphatic carbocycles. The predicted molar refractivity (Wildman–Crippen MR) is 74.8 cm³/mol. The first kappa shape index (κ1) is 13.4. The van der Waals surface area contributed by atoms with Crippen LogP contribution in [0.4, 0.5) is 5.69 Å². The van der Waals surface area contributed by atoms with Crippen molar-refractivity contribution < 1.29 is 9.53 Å². The molecule has 1 aliphatic rings. The van der Waals surface area contributed by atoms with Gasteiger partial charge in [0.2, 0.25) is 5.91 Å². The third-order valence-corrected chi connectivity index (χ3v) is 3.57. The number of hydrogen-bond donors (Lipinski definition) is 1. The summed E-state index contributed by atoms with van der Waals surface area (Å²) in [6, 6.07) is 6.03. The van der Waals surface area contributed by atoms with Crippen LogP contribution < -0.4 is 5.32 Å². The Kier molecular flexibility index (Phi) is 4.60. The smallest absolute Gasteiger partial charge is 0.242 e. The number of benzene rings is 1. The van der Waals surface area contributed by atoms with Gasteiger partial charge in [-0.15, -0.1) is 0 Å². The molecule has 1 aromatic rings. The van der Waals surface area contributed by atoms with Crippen molar-refractivity contribution in [1.82, 2.24) is 4.90 Å². The molecule has 1 aliphatic heterocycles. The van der Waals surface area contributed by atoms with E-state index < -0.39 is 0 Å². The van der Waals surface area contributed by atoms with Crippen LogP contribution in [-0.2, 0) is 9.53 Å². The molecule has 1 aromatic carbocycles. The molecule has 4 nitrogen and oxygen atoms in total. The lowest BCUT2D eigenvalue weighted by Gasteiger charge is -2.27. The Hall–Kier alpha value is -1.07. The van der Waals surface area contributed by atoms with Crippen molar-refractivity contribution in [3.63, 3.8) is 0 Å². The Bertz CT molecular complexity index is 431. The lowest BCUT2D eigenvalue weighted by atomic mass is 10.2. The zero-order valence-corrected chi connectivity index (χ0v) is 12.0. The molecule has 18 heavy (non-hydrogen) atoms. The lowest BCUT2D eigenvalue weighted by Crippen LogP contribution is -2.43. The maximum atomic E-state index is 11.9. The average molecular weight is 313 g/mol. The predicted octanol–water partition coefficient (Wildman–Crippen LogP) is 2.03. The first-order valence-corrected chi connectivity index (χ1v) is 6.81. The van der Waals surface area contributed by atoms with E-state index in [1.807, 2.05) is 30.0 Å². The van der Waals surface area contributed by atoms with Crippen LogP contribution in [0.15, 0.2) is 22.7 Å². The summed E-state index contributed by atoms with van der Waals surface area (Å²) in [4.78, 5) is 13.8. The third-order valence-electron chi connectivity index (χ3n) is 2.92. The van der Waals surface area contributed by atoms with Crippen molar-refractivity contribution in [3.05, 3.63) is 28.2 Å². The minimum atomic E-state index is 0.116. The van der Waals surface area contributed by atoms with Crippen molar-refractivity contribution in [2.45, 2.75) is 6.92 Å². The number of halogens is 1. The molecule has 0 aromatic heterocycles. The maximum absolute atomic E-state index is 11.9. The second-order valence-electron chi connectivity index (χ2n) is 4.33. The largest absolute Gasteiger partial charge is 0.378 e. The van der Waals surface area contributed by atoms with Crippen molar-refractivity contribution in [3.8, 4) is 0 Å². The van der Waals surface area contributed by atoms with Gasteiger partial charge < -0.3 is 15.0 Å². The lowest BCUT2D eigenvalue weighted by molar-refractivity contribution is -0.133. The number of nitrogens with one attached hydrogen (secondary N) is 1. The van der Waals surface area contributed by atoms with E-state index in [0.717, 1.165) is 10.2 Å². The Morgan fingerprint density at radius 1 is 1.44 bits per heavy atom. The third kappa shape index (κ3) is 3.46. The van der Waals surface area contributed by atoms with Crippen LogP contribution in [0.25, 0.3) is 0 Å². The van der Waals surface area contributed by atoms with Gasteiger partial charge in [-0.25, -0.2) is 0 Å². The first-order valence-electron chi connectivity index (χ1n) is 6.02. The van der Waals surface area contributed by atoms with Crippen LogP contribution >= 0.6 is 15.9 Å². The minimum absolute atomic E-state index is 0.116. The molecule has 0 unspecified atom stereocenters. The van der Waals surface area contributed by atoms with Gasteiger partial charge in [-0.1, -0.05) is 6.07 Å². The van der Waals surface area contributed by atoms with Crippen LogP contribution in [-0.4, -0.2) is 43.7 Å². The molecule has 0 radical (unpaired) electrons. The summed E-state index contributed by atoms with van der Waals surface area (Å²) in [5.41, 5.74) is 2.13. The molecule has 0 spiro atoms. The normalized spacial score (nSPS) is 15.6. The van der Waals surface area contributed by atoms with Crippen LogP contribution in [0.2, 0.25) is 0 Å². The number of anilines is 1. The molecular weight excluding hydrogens is 296 g/mol. The monoisotopic (exact) mass is 312 g/mol. The quantitative estimate of drug-likeness (QED) is 0.928. The molecule has 0 atom stereocenters. The molecule has 1 amide bonds. The summed E-state index contributed by atoms with van der Waals surface area (Å²) >= 11 is 3.49.